The summed E-state index contributed by atoms with van der Waals surface area (Å²) >= 11 is 43.4. The number of ketones is 2. The van der Waals surface area contributed by atoms with Crippen LogP contribution in [0, 0.1) is 17.8 Å². The largest absolute Gasteiger partial charge is 1.00 e. The van der Waals surface area contributed by atoms with Crippen molar-refractivity contribution < 1.29 is 268 Å². The molecule has 3 aliphatic carbocycles. The minimum atomic E-state index is -3.08. The number of hydrogen-bond acceptors (Lipinski definition) is 28. The average Bonchev–Trinajstić information content (AvgIpc) is 1.25. The number of carboxylic acid groups (broad SMARTS) is 1. The third kappa shape index (κ3) is 38.7. The number of aromatic nitrogens is 5. The van der Waals surface area contributed by atoms with Gasteiger partial charge in [0, 0.05) is 112 Å². The van der Waals surface area contributed by atoms with Crippen molar-refractivity contribution in [3.63, 3.8) is 0 Å². The normalized spacial score (nSPS) is 15.1. The molecule has 0 radical (unpaired) electrons. The summed E-state index contributed by atoms with van der Waals surface area (Å²) in [5.41, 5.74) is 4.30. The number of morpholine rings is 2. The minimum absolute atomic E-state index is 0. The number of aromatic amines is 3. The number of aliphatic hydroxyl groups is 1. The van der Waals surface area contributed by atoms with E-state index < -0.39 is 110 Å². The molecular weight excluding hydrogens is 2190 g/mol. The van der Waals surface area contributed by atoms with Crippen molar-refractivity contribution in [3.8, 4) is 34.5 Å². The number of Topliss-reactive ketones (excluding diaryl/α,β-unsaturated/α-hetero) is 2. The van der Waals surface area contributed by atoms with Crippen LogP contribution in [0.4, 0.5) is 37.7 Å². The van der Waals surface area contributed by atoms with E-state index in [1.165, 1.54) is 84.0 Å². The number of hydrogen-bond donors (Lipinski definition) is 2. The fourth-order valence-corrected chi connectivity index (χ4v) is 17.3. The number of H-pyrrole nitrogens is 3. The van der Waals surface area contributed by atoms with E-state index in [0.29, 0.717) is 134 Å². The zero-order valence-corrected chi connectivity index (χ0v) is 92.2. The molecule has 3 atom stereocenters. The number of carboxylic acids is 1. The Balaban J connectivity index is 0.000000306. The van der Waals surface area contributed by atoms with Gasteiger partial charge in [0.05, 0.1) is 63.4 Å². The second-order valence-electron chi connectivity index (χ2n) is 33.8. The molecule has 0 bridgehead atoms. The van der Waals surface area contributed by atoms with Crippen molar-refractivity contribution in [1.82, 2.24) is 18.9 Å². The summed E-state index contributed by atoms with van der Waals surface area (Å²) in [6, 6.07) is 33.4. The molecule has 0 unspecified atom stereocenters. The van der Waals surface area contributed by atoms with Gasteiger partial charge in [0.15, 0.2) is 71.7 Å². The van der Waals surface area contributed by atoms with Gasteiger partial charge in [-0.2, -0.15) is 26.3 Å². The zero-order valence-electron chi connectivity index (χ0n) is 81.7. The van der Waals surface area contributed by atoms with Gasteiger partial charge in [-0.3, -0.25) is 72.1 Å². The number of nitrogens with zero attached hydrogens (tertiary/aromatic N) is 6. The molecule has 3 saturated carbocycles. The number of esters is 2. The van der Waals surface area contributed by atoms with E-state index >= 15 is 0 Å². The topological polar surface area (TPSA) is 491 Å². The maximum absolute atomic E-state index is 13.7. The van der Waals surface area contributed by atoms with Crippen LogP contribution in [0.25, 0.3) is 11.0 Å². The van der Waals surface area contributed by atoms with Crippen LogP contribution in [0.15, 0.2) is 174 Å². The Morgan fingerprint density at radius 1 is 0.453 bits per heavy atom. The number of amides is 2. The molecule has 51 heteroatoms. The predicted molar refractivity (Wildman–Crippen MR) is 521 cm³/mol. The first-order valence-electron chi connectivity index (χ1n) is 45.7. The Kier molecular flexibility index (Phi) is 54.6. The van der Waals surface area contributed by atoms with Crippen LogP contribution in [0.2, 0.25) is 30.1 Å². The second-order valence-corrected chi connectivity index (χ2v) is 36.6. The van der Waals surface area contributed by atoms with Crippen LogP contribution in [0.1, 0.15) is 103 Å². The summed E-state index contributed by atoms with van der Waals surface area (Å²) in [6.45, 7) is -1.45. The Morgan fingerprint density at radius 3 is 1.15 bits per heavy atom. The van der Waals surface area contributed by atoms with Crippen LogP contribution >= 0.6 is 81.2 Å². The van der Waals surface area contributed by atoms with Gasteiger partial charge < -0.3 is 90.1 Å². The summed E-state index contributed by atoms with van der Waals surface area (Å²) in [6.07, 6.45) is 12.4. The number of benzene rings is 6. The summed E-state index contributed by atoms with van der Waals surface area (Å²) in [4.78, 5) is 139. The number of para-hydroxylation sites is 4. The number of aliphatic carboxylic acids is 1. The number of aliphatic hydroxyl groups excluding tert-OH is 1. The van der Waals surface area contributed by atoms with Crippen molar-refractivity contribution in [2.24, 2.45) is 17.8 Å². The predicted octanol–water partition coefficient (Wildman–Crippen LogP) is 7.00. The van der Waals surface area contributed by atoms with Crippen molar-refractivity contribution in [1.29, 1.82) is 0 Å². The Morgan fingerprint density at radius 2 is 0.787 bits per heavy atom. The number of rotatable bonds is 38. The molecule has 4 aromatic heterocycles. The average molecular weight is 2290 g/mol. The van der Waals surface area contributed by atoms with E-state index in [9.17, 15) is 74.6 Å². The van der Waals surface area contributed by atoms with Crippen LogP contribution in [0.5, 0.6) is 34.5 Å². The molecule has 2 amide bonds. The number of alkyl halides is 7. The molecule has 150 heavy (non-hydrogen) atoms. The SMILES string of the molecule is ClCCN1CCOCC1.O=C(CN1C(=O)C(=O)Cc2ccccc21)O[C@@H](Cc1c(Cl)c[nH+]cc1Cl)c1ccc(OC(F)F)c(OCC2CC2)c1.O=C(Cn1c(=O)c(=O)n(CCN2CCOCC2)c2ccccc21)O[C@@H](Cc1c(Cl)c[nH+]cc1Cl)c1ccc(OC(F)F)c(OCC2CC2)c1.O=C(O)CN1C(=O)C(=O)Cc2ccccc21.O=CO[O-].O[C@@H](Cc1c(Cl)c[nH+]cc1Cl)c1ccc(OC(F)F)c(OCC2CC2)c1.[H-].[K+].[K+].[OH-].[OH-].[OH-]. The van der Waals surface area contributed by atoms with Crippen LogP contribution in [0.3, 0.4) is 0 Å². The van der Waals surface area contributed by atoms with E-state index in [0.717, 1.165) is 105 Å². The molecule has 17 rings (SSSR count). The monoisotopic (exact) mass is 2290 g/mol. The van der Waals surface area contributed by atoms with Crippen LogP contribution in [-0.2, 0) is 107 Å². The van der Waals surface area contributed by atoms with E-state index in [1.807, 2.05) is 0 Å². The quantitative estimate of drug-likeness (QED) is 0.00574. The molecule has 7 aliphatic rings. The van der Waals surface area contributed by atoms with Gasteiger partial charge in [0.1, 0.15) is 62.0 Å². The van der Waals surface area contributed by atoms with Crippen LogP contribution in [-0.4, -0.2) is 218 Å². The molecule has 6 aromatic carbocycles. The van der Waals surface area contributed by atoms with Gasteiger partial charge in [-0.05, 0) is 145 Å². The van der Waals surface area contributed by atoms with Crippen molar-refractivity contribution in [3.05, 3.63) is 260 Å². The molecule has 10 aromatic rings. The number of fused-ring (bicyclic) bond motifs is 3. The Hall–Kier alpha value is -8.81. The van der Waals surface area contributed by atoms with Crippen LogP contribution < -0.4 is 172 Å². The van der Waals surface area contributed by atoms with Crippen molar-refractivity contribution >= 4 is 151 Å². The zero-order chi connectivity index (χ0) is 104. The summed E-state index contributed by atoms with van der Waals surface area (Å²) in [5.74, 6) is -3.78. The molecule has 800 valence electrons. The fourth-order valence-electron chi connectivity index (χ4n) is 15.5. The van der Waals surface area contributed by atoms with Gasteiger partial charge in [0.2, 0.25) is 11.6 Å². The fraction of sp³-hybridized carbons (Fsp3) is 0.384. The first kappa shape index (κ1) is 128. The summed E-state index contributed by atoms with van der Waals surface area (Å²) < 4.78 is 134. The molecule has 4 aliphatic heterocycles. The Bertz CT molecular complexity index is 6270. The molecule has 8 N–H and O–H groups in total. The van der Waals surface area contributed by atoms with Gasteiger partial charge in [-0.25, -0.2) is 15.0 Å². The van der Waals surface area contributed by atoms with Crippen molar-refractivity contribution in [2.75, 3.05) is 114 Å². The number of pyridine rings is 3. The Labute approximate surface area is 976 Å². The van der Waals surface area contributed by atoms with Gasteiger partial charge >= 0.3 is 152 Å². The number of carbonyl (C=O) groups excluding carboxylic acids is 7. The molecule has 0 spiro atoms. The van der Waals surface area contributed by atoms with Gasteiger partial charge in [0.25, 0.3) is 18.3 Å². The molecule has 36 nitrogen and oxygen atoms in total. The van der Waals surface area contributed by atoms with Gasteiger partial charge in [-0.15, -0.1) is 11.6 Å². The molecule has 8 heterocycles. The second kappa shape index (κ2) is 63.9. The minimum Gasteiger partial charge on any atom is -1.00 e. The molecule has 5 fully saturated rings. The first-order valence-corrected chi connectivity index (χ1v) is 48.5. The molecule has 2 saturated heterocycles. The third-order valence-electron chi connectivity index (χ3n) is 23.4. The van der Waals surface area contributed by atoms with E-state index in [1.54, 1.807) is 85.2 Å². The number of carbonyl (C=O) groups is 8. The number of halogens is 13. The van der Waals surface area contributed by atoms with E-state index in [2.05, 4.69) is 43.8 Å². The number of nitrogens with one attached hydrogen (secondary N) is 3. The van der Waals surface area contributed by atoms with E-state index in [4.69, 9.17) is 130 Å². The third-order valence-corrected chi connectivity index (χ3v) is 25.6. The molecular formula is C99H104Cl7F6K2N9O27. The maximum atomic E-state index is 13.7. The maximum Gasteiger partial charge on any atom is 1.00 e. The summed E-state index contributed by atoms with van der Waals surface area (Å²) in [7, 11) is 0. The smallest absolute Gasteiger partial charge is 1.00 e. The van der Waals surface area contributed by atoms with Crippen molar-refractivity contribution in [2.45, 2.75) is 122 Å². The van der Waals surface area contributed by atoms with E-state index in [-0.39, 0.29) is 220 Å². The standard InChI is InChI=1S/C34H34Cl2F2N4O7.C29H24Cl2F2N2O6.C18H17Cl2F2NO3.C11H9NO4.C6H12ClNO.CH2O3.2K.3H2O.H/c35-24-17-39-18-25(36)23(24)16-29(22-7-8-28(49-34(37)38)30(15-22)47-20-21-5-6-21)48-31(43)19-42-27-4-2-1-3-26(27)41(32(44)33(42)45)10-9-40-11-13-46-14-12-40;30-20-12-34-13-21(31)19(20)11-25(18-7-8-24(41-29(32)33)26(10-18)39-15-16-5-6-16)40-27(37)14-35-22-4-2-1-3-17(22)9-23(36)28(35)38;19-13-7-23-8-14(20)12(13)6-15(24)11-3-4-16(26-18(21)22)17(5-11)25-9-10-1-2-10;13-9-5-7-3-1-2-4-8(7)12(11(9)16)6-10(14)15;7-1-2-8-3-5-9-6-4-8;2-1-4-3;;;;;;/h1-4,7-8,15,17-18,21,29,34H,5-6,9-14,16,19-20H2;1-4,7-8,10,12-13,16,25,29H,5-6,9,11,14-15H2;3-5,7-8,10,15,18,24H,1-2,6,9H2;1-4H,5-6H2,(H,14,15);1-6H2;1,3H;;;3*1H2;/q;;;;;;2*+1;;;;-1/p-1/t29-;25-;15-;;;;;;;;;/m000........./s1. The summed E-state index contributed by atoms with van der Waals surface area (Å²) in [5, 5.41) is 29.6. The number of ether oxygens (including phenoxy) is 10. The first-order chi connectivity index (χ1) is 69.7. The number of anilines is 2. The van der Waals surface area contributed by atoms with Gasteiger partial charge in [-0.1, -0.05) is 136 Å².